The first-order valence-electron chi connectivity index (χ1n) is 6.23. The lowest BCUT2D eigenvalue weighted by Crippen LogP contribution is -2.17. The summed E-state index contributed by atoms with van der Waals surface area (Å²) in [5.74, 6) is -0.199. The zero-order valence-corrected chi connectivity index (χ0v) is 13.5. The van der Waals surface area contributed by atoms with Gasteiger partial charge in [-0.3, -0.25) is 4.79 Å². The molecule has 20 heavy (non-hydrogen) atoms. The van der Waals surface area contributed by atoms with Crippen molar-refractivity contribution in [3.8, 4) is 0 Å². The molecule has 1 N–H and O–H groups in total. The molecule has 0 aliphatic carbocycles. The Bertz CT molecular complexity index is 665. The average molecular weight is 378 g/mol. The van der Waals surface area contributed by atoms with Crippen LogP contribution in [0, 0.1) is 17.4 Å². The van der Waals surface area contributed by atoms with E-state index in [4.69, 9.17) is 0 Å². The summed E-state index contributed by atoms with van der Waals surface area (Å²) >= 11 is 2.23. The highest BCUT2D eigenvalue weighted by molar-refractivity contribution is 14.1. The normalized spacial score (nSPS) is 10.8. The molecule has 0 aromatic heterocycles. The Morgan fingerprint density at radius 2 is 1.90 bits per heavy atom. The molecule has 2 aromatic rings. The SMILES string of the molecule is Cc1ccc(C(=O)NN=Cc2ccccc2I)cc1C. The van der Waals surface area contributed by atoms with Gasteiger partial charge in [0.1, 0.15) is 0 Å². The zero-order valence-electron chi connectivity index (χ0n) is 11.4. The molecule has 2 rings (SSSR count). The first kappa shape index (κ1) is 14.7. The van der Waals surface area contributed by atoms with Gasteiger partial charge in [-0.15, -0.1) is 0 Å². The van der Waals surface area contributed by atoms with Crippen LogP contribution in [0.1, 0.15) is 27.0 Å². The Hall–Kier alpha value is -1.69. The molecular formula is C16H15IN2O. The van der Waals surface area contributed by atoms with E-state index in [1.54, 1.807) is 12.3 Å². The van der Waals surface area contributed by atoms with Crippen molar-refractivity contribution in [2.24, 2.45) is 5.10 Å². The number of hydrogen-bond donors (Lipinski definition) is 1. The fourth-order valence-corrected chi connectivity index (χ4v) is 2.21. The molecule has 0 unspecified atom stereocenters. The maximum atomic E-state index is 12.0. The summed E-state index contributed by atoms with van der Waals surface area (Å²) < 4.78 is 1.09. The van der Waals surface area contributed by atoms with Crippen LogP contribution in [0.3, 0.4) is 0 Å². The summed E-state index contributed by atoms with van der Waals surface area (Å²) in [6.45, 7) is 4.01. The maximum absolute atomic E-state index is 12.0. The number of aryl methyl sites for hydroxylation is 2. The summed E-state index contributed by atoms with van der Waals surface area (Å²) in [6, 6.07) is 13.5. The van der Waals surface area contributed by atoms with Gasteiger partial charge in [0, 0.05) is 14.7 Å². The van der Waals surface area contributed by atoms with E-state index in [2.05, 4.69) is 33.1 Å². The molecule has 4 heteroatoms. The van der Waals surface area contributed by atoms with E-state index in [9.17, 15) is 4.79 Å². The molecule has 0 radical (unpaired) electrons. The van der Waals surface area contributed by atoms with Crippen molar-refractivity contribution < 1.29 is 4.79 Å². The third-order valence-electron chi connectivity index (χ3n) is 3.04. The number of nitrogens with one attached hydrogen (secondary N) is 1. The lowest BCUT2D eigenvalue weighted by Gasteiger charge is -2.04. The highest BCUT2D eigenvalue weighted by Gasteiger charge is 2.05. The van der Waals surface area contributed by atoms with Gasteiger partial charge in [0.15, 0.2) is 0 Å². The summed E-state index contributed by atoms with van der Waals surface area (Å²) in [5, 5.41) is 4.00. The molecule has 102 valence electrons. The number of amides is 1. The Morgan fingerprint density at radius 3 is 2.60 bits per heavy atom. The van der Waals surface area contributed by atoms with Crippen molar-refractivity contribution >= 4 is 34.7 Å². The standard InChI is InChI=1S/C16H15IN2O/c1-11-7-8-13(9-12(11)2)16(20)19-18-10-14-5-3-4-6-15(14)17/h3-10H,1-2H3,(H,19,20). The Balaban J connectivity index is 2.05. The first-order chi connectivity index (χ1) is 9.58. The van der Waals surface area contributed by atoms with Gasteiger partial charge in [0.05, 0.1) is 6.21 Å². The van der Waals surface area contributed by atoms with Gasteiger partial charge in [0.25, 0.3) is 5.91 Å². The van der Waals surface area contributed by atoms with E-state index >= 15 is 0 Å². The maximum Gasteiger partial charge on any atom is 0.271 e. The van der Waals surface area contributed by atoms with Gasteiger partial charge in [-0.05, 0) is 65.8 Å². The number of carbonyl (C=O) groups excluding carboxylic acids is 1. The quantitative estimate of drug-likeness (QED) is 0.494. The Kier molecular flexibility index (Phi) is 4.89. The average Bonchev–Trinajstić information content (AvgIpc) is 2.44. The van der Waals surface area contributed by atoms with Crippen LogP contribution in [0.5, 0.6) is 0 Å². The fraction of sp³-hybridized carbons (Fsp3) is 0.125. The second kappa shape index (κ2) is 6.65. The van der Waals surface area contributed by atoms with E-state index in [-0.39, 0.29) is 5.91 Å². The van der Waals surface area contributed by atoms with Crippen LogP contribution >= 0.6 is 22.6 Å². The Labute approximate surface area is 132 Å². The summed E-state index contributed by atoms with van der Waals surface area (Å²) in [4.78, 5) is 12.0. The van der Waals surface area contributed by atoms with Crippen LogP contribution in [0.2, 0.25) is 0 Å². The molecule has 0 aliphatic rings. The second-order valence-corrected chi connectivity index (χ2v) is 5.68. The lowest BCUT2D eigenvalue weighted by atomic mass is 10.1. The molecule has 0 saturated heterocycles. The van der Waals surface area contributed by atoms with E-state index in [1.807, 2.05) is 50.2 Å². The monoisotopic (exact) mass is 378 g/mol. The van der Waals surface area contributed by atoms with Gasteiger partial charge < -0.3 is 0 Å². The van der Waals surface area contributed by atoms with Crippen molar-refractivity contribution in [2.75, 3.05) is 0 Å². The number of rotatable bonds is 3. The van der Waals surface area contributed by atoms with E-state index in [0.717, 1.165) is 14.7 Å². The van der Waals surface area contributed by atoms with Gasteiger partial charge in [0.2, 0.25) is 0 Å². The molecule has 3 nitrogen and oxygen atoms in total. The molecule has 0 atom stereocenters. The molecular weight excluding hydrogens is 363 g/mol. The van der Waals surface area contributed by atoms with Crippen molar-refractivity contribution in [3.05, 3.63) is 68.3 Å². The van der Waals surface area contributed by atoms with E-state index in [0.29, 0.717) is 5.56 Å². The molecule has 0 aliphatic heterocycles. The van der Waals surface area contributed by atoms with Crippen LogP contribution in [0.25, 0.3) is 0 Å². The largest absolute Gasteiger partial charge is 0.271 e. The minimum absolute atomic E-state index is 0.199. The predicted molar refractivity (Wildman–Crippen MR) is 90.1 cm³/mol. The number of halogens is 1. The van der Waals surface area contributed by atoms with Crippen LogP contribution in [0.4, 0.5) is 0 Å². The molecule has 2 aromatic carbocycles. The highest BCUT2D eigenvalue weighted by atomic mass is 127. The molecule has 0 heterocycles. The van der Waals surface area contributed by atoms with Gasteiger partial charge in [-0.25, -0.2) is 5.43 Å². The highest BCUT2D eigenvalue weighted by Crippen LogP contribution is 2.10. The van der Waals surface area contributed by atoms with E-state index < -0.39 is 0 Å². The zero-order chi connectivity index (χ0) is 14.5. The molecule has 0 fully saturated rings. The molecule has 1 amide bonds. The summed E-state index contributed by atoms with van der Waals surface area (Å²) in [6.07, 6.45) is 1.65. The minimum Gasteiger partial charge on any atom is -0.267 e. The van der Waals surface area contributed by atoms with Gasteiger partial charge in [-0.2, -0.15) is 5.10 Å². The molecule has 0 spiro atoms. The number of benzene rings is 2. The number of hydrogen-bond acceptors (Lipinski definition) is 2. The topological polar surface area (TPSA) is 41.5 Å². The van der Waals surface area contributed by atoms with Crippen LogP contribution in [-0.4, -0.2) is 12.1 Å². The van der Waals surface area contributed by atoms with Crippen LogP contribution in [-0.2, 0) is 0 Å². The van der Waals surface area contributed by atoms with Crippen LogP contribution < -0.4 is 5.43 Å². The van der Waals surface area contributed by atoms with Gasteiger partial charge >= 0.3 is 0 Å². The van der Waals surface area contributed by atoms with Crippen molar-refractivity contribution in [2.45, 2.75) is 13.8 Å². The number of carbonyl (C=O) groups is 1. The number of hydrazone groups is 1. The summed E-state index contributed by atoms with van der Waals surface area (Å²) in [5.41, 5.74) is 6.41. The second-order valence-electron chi connectivity index (χ2n) is 4.52. The lowest BCUT2D eigenvalue weighted by molar-refractivity contribution is 0.0955. The third-order valence-corrected chi connectivity index (χ3v) is 4.03. The van der Waals surface area contributed by atoms with Gasteiger partial charge in [-0.1, -0.05) is 24.3 Å². The van der Waals surface area contributed by atoms with E-state index in [1.165, 1.54) is 5.56 Å². The smallest absolute Gasteiger partial charge is 0.267 e. The first-order valence-corrected chi connectivity index (χ1v) is 7.31. The molecule has 0 bridgehead atoms. The summed E-state index contributed by atoms with van der Waals surface area (Å²) in [7, 11) is 0. The van der Waals surface area contributed by atoms with Crippen molar-refractivity contribution in [1.29, 1.82) is 0 Å². The minimum atomic E-state index is -0.199. The number of nitrogens with zero attached hydrogens (tertiary/aromatic N) is 1. The predicted octanol–water partition coefficient (Wildman–Crippen LogP) is 3.67. The molecule has 0 saturated carbocycles. The van der Waals surface area contributed by atoms with Crippen LogP contribution in [0.15, 0.2) is 47.6 Å². The third kappa shape index (κ3) is 3.66. The van der Waals surface area contributed by atoms with Crippen molar-refractivity contribution in [3.63, 3.8) is 0 Å². The fourth-order valence-electron chi connectivity index (χ4n) is 1.69. The van der Waals surface area contributed by atoms with Crippen molar-refractivity contribution in [1.82, 2.24) is 5.43 Å². The Morgan fingerprint density at radius 1 is 1.15 bits per heavy atom.